The van der Waals surface area contributed by atoms with E-state index in [2.05, 4.69) is 15.9 Å². The average molecular weight is 306 g/mol. The van der Waals surface area contributed by atoms with Crippen LogP contribution in [0.25, 0.3) is 0 Å². The molecule has 1 aromatic rings. The predicted molar refractivity (Wildman–Crippen MR) is 67.3 cm³/mol. The molecule has 0 spiro atoms. The maximum Gasteiger partial charge on any atom is 0.293 e. The maximum atomic E-state index is 11.0. The van der Waals surface area contributed by atoms with Crippen molar-refractivity contribution >= 4 is 38.9 Å². The number of nitrogens with zero attached hydrogens (tertiary/aromatic N) is 2. The SMILES string of the molecule is O=[N+]([O-])c1cc(Br)c(Cl)cc1N1CCCC1. The van der Waals surface area contributed by atoms with Crippen molar-refractivity contribution in [3.63, 3.8) is 0 Å². The molecule has 4 nitrogen and oxygen atoms in total. The van der Waals surface area contributed by atoms with Crippen LogP contribution in [0.2, 0.25) is 5.02 Å². The van der Waals surface area contributed by atoms with Crippen molar-refractivity contribution < 1.29 is 4.92 Å². The predicted octanol–water partition coefficient (Wildman–Crippen LogP) is 3.61. The highest BCUT2D eigenvalue weighted by Gasteiger charge is 2.23. The molecule has 2 rings (SSSR count). The van der Waals surface area contributed by atoms with Gasteiger partial charge in [-0.3, -0.25) is 10.1 Å². The number of hydrogen-bond donors (Lipinski definition) is 0. The molecule has 6 heteroatoms. The Morgan fingerprint density at radius 1 is 1.38 bits per heavy atom. The number of benzene rings is 1. The first-order chi connectivity index (χ1) is 7.59. The van der Waals surface area contributed by atoms with Crippen LogP contribution >= 0.6 is 27.5 Å². The molecule has 1 aliphatic heterocycles. The molecule has 1 fully saturated rings. The first kappa shape index (κ1) is 11.7. The van der Waals surface area contributed by atoms with Gasteiger partial charge >= 0.3 is 0 Å². The van der Waals surface area contributed by atoms with Gasteiger partial charge in [0.25, 0.3) is 5.69 Å². The minimum atomic E-state index is -0.366. The van der Waals surface area contributed by atoms with Gasteiger partial charge in [-0.2, -0.15) is 0 Å². The summed E-state index contributed by atoms with van der Waals surface area (Å²) < 4.78 is 0.559. The van der Waals surface area contributed by atoms with E-state index in [1.165, 1.54) is 6.07 Å². The van der Waals surface area contributed by atoms with E-state index in [1.54, 1.807) is 6.07 Å². The molecule has 0 unspecified atom stereocenters. The van der Waals surface area contributed by atoms with E-state index in [9.17, 15) is 10.1 Å². The first-order valence-electron chi connectivity index (χ1n) is 4.98. The molecule has 1 aromatic carbocycles. The Morgan fingerprint density at radius 2 is 2.00 bits per heavy atom. The molecule has 1 aliphatic rings. The highest BCUT2D eigenvalue weighted by atomic mass is 79.9. The van der Waals surface area contributed by atoms with Crippen LogP contribution in [-0.2, 0) is 0 Å². The van der Waals surface area contributed by atoms with Crippen LogP contribution in [0.4, 0.5) is 11.4 Å². The summed E-state index contributed by atoms with van der Waals surface area (Å²) in [4.78, 5) is 12.6. The quantitative estimate of drug-likeness (QED) is 0.619. The van der Waals surface area contributed by atoms with Gasteiger partial charge in [0, 0.05) is 23.6 Å². The lowest BCUT2D eigenvalue weighted by molar-refractivity contribution is -0.384. The van der Waals surface area contributed by atoms with Crippen LogP contribution < -0.4 is 4.90 Å². The van der Waals surface area contributed by atoms with Gasteiger partial charge in [0.2, 0.25) is 0 Å². The summed E-state index contributed by atoms with van der Waals surface area (Å²) in [6.07, 6.45) is 2.15. The zero-order valence-electron chi connectivity index (χ0n) is 8.45. The summed E-state index contributed by atoms with van der Waals surface area (Å²) >= 11 is 9.17. The smallest absolute Gasteiger partial charge is 0.293 e. The second kappa shape index (κ2) is 4.59. The molecule has 0 aliphatic carbocycles. The van der Waals surface area contributed by atoms with Gasteiger partial charge in [-0.05, 0) is 34.8 Å². The van der Waals surface area contributed by atoms with Gasteiger partial charge in [0.05, 0.1) is 9.95 Å². The number of halogens is 2. The number of nitro groups is 1. The van der Waals surface area contributed by atoms with E-state index in [1.807, 2.05) is 4.90 Å². The van der Waals surface area contributed by atoms with Crippen LogP contribution in [0.15, 0.2) is 16.6 Å². The van der Waals surface area contributed by atoms with Crippen molar-refractivity contribution in [3.05, 3.63) is 31.7 Å². The van der Waals surface area contributed by atoms with Crippen LogP contribution in [0.1, 0.15) is 12.8 Å². The minimum Gasteiger partial charge on any atom is -0.366 e. The third kappa shape index (κ3) is 2.15. The van der Waals surface area contributed by atoms with Crippen molar-refractivity contribution in [2.45, 2.75) is 12.8 Å². The Labute approximate surface area is 106 Å². The summed E-state index contributed by atoms with van der Waals surface area (Å²) in [5, 5.41) is 11.5. The van der Waals surface area contributed by atoms with E-state index in [0.717, 1.165) is 25.9 Å². The molecule has 0 radical (unpaired) electrons. The fourth-order valence-corrected chi connectivity index (χ4v) is 2.37. The highest BCUT2D eigenvalue weighted by Crippen LogP contribution is 2.37. The molecule has 16 heavy (non-hydrogen) atoms. The van der Waals surface area contributed by atoms with Gasteiger partial charge in [-0.15, -0.1) is 0 Å². The molecule has 86 valence electrons. The molecule has 0 aromatic heterocycles. The van der Waals surface area contributed by atoms with Crippen molar-refractivity contribution in [1.82, 2.24) is 0 Å². The number of nitro benzene ring substituents is 1. The number of hydrogen-bond acceptors (Lipinski definition) is 3. The lowest BCUT2D eigenvalue weighted by atomic mass is 10.2. The van der Waals surface area contributed by atoms with Crippen molar-refractivity contribution in [2.24, 2.45) is 0 Å². The van der Waals surface area contributed by atoms with Gasteiger partial charge in [0.15, 0.2) is 0 Å². The summed E-state index contributed by atoms with van der Waals surface area (Å²) in [7, 11) is 0. The molecule has 0 atom stereocenters. The van der Waals surface area contributed by atoms with Crippen LogP contribution in [-0.4, -0.2) is 18.0 Å². The Balaban J connectivity index is 2.48. The summed E-state index contributed by atoms with van der Waals surface area (Å²) in [5.41, 5.74) is 0.730. The standard InChI is InChI=1S/C10H10BrClN2O2/c11-7-5-10(14(15)16)9(6-8(7)12)13-3-1-2-4-13/h5-6H,1-4H2. The molecule has 0 saturated carbocycles. The second-order valence-electron chi connectivity index (χ2n) is 3.71. The molecule has 0 amide bonds. The minimum absolute atomic E-state index is 0.109. The van der Waals surface area contributed by atoms with Crippen molar-refractivity contribution in [3.8, 4) is 0 Å². The normalized spacial score (nSPS) is 15.5. The van der Waals surface area contributed by atoms with E-state index >= 15 is 0 Å². The fraction of sp³-hybridized carbons (Fsp3) is 0.400. The van der Waals surface area contributed by atoms with Crippen LogP contribution in [0.5, 0.6) is 0 Å². The third-order valence-corrected chi connectivity index (χ3v) is 3.86. The molecule has 1 heterocycles. The maximum absolute atomic E-state index is 11.0. The second-order valence-corrected chi connectivity index (χ2v) is 4.97. The van der Waals surface area contributed by atoms with Gasteiger partial charge < -0.3 is 4.90 Å². The average Bonchev–Trinajstić information content (AvgIpc) is 2.74. The van der Waals surface area contributed by atoms with Crippen molar-refractivity contribution in [2.75, 3.05) is 18.0 Å². The lowest BCUT2D eigenvalue weighted by Gasteiger charge is -2.17. The Hall–Kier alpha value is -0.810. The third-order valence-electron chi connectivity index (χ3n) is 2.66. The molecule has 1 saturated heterocycles. The number of anilines is 1. The summed E-state index contributed by atoms with van der Waals surface area (Å²) in [6.45, 7) is 1.72. The monoisotopic (exact) mass is 304 g/mol. The molecule has 0 bridgehead atoms. The summed E-state index contributed by atoms with van der Waals surface area (Å²) in [6, 6.07) is 3.13. The Morgan fingerprint density at radius 3 is 2.56 bits per heavy atom. The van der Waals surface area contributed by atoms with Crippen LogP contribution in [0, 0.1) is 10.1 Å². The van der Waals surface area contributed by atoms with Crippen LogP contribution in [0.3, 0.4) is 0 Å². The molecular weight excluding hydrogens is 295 g/mol. The fourth-order valence-electron chi connectivity index (χ4n) is 1.88. The lowest BCUT2D eigenvalue weighted by Crippen LogP contribution is -2.18. The van der Waals surface area contributed by atoms with E-state index < -0.39 is 0 Å². The van der Waals surface area contributed by atoms with E-state index in [4.69, 9.17) is 11.6 Å². The highest BCUT2D eigenvalue weighted by molar-refractivity contribution is 9.10. The van der Waals surface area contributed by atoms with E-state index in [-0.39, 0.29) is 10.6 Å². The Bertz CT molecular complexity index is 433. The first-order valence-corrected chi connectivity index (χ1v) is 6.15. The van der Waals surface area contributed by atoms with E-state index in [0.29, 0.717) is 15.2 Å². The Kier molecular flexibility index (Phi) is 3.35. The number of rotatable bonds is 2. The summed E-state index contributed by atoms with van der Waals surface area (Å²) in [5.74, 6) is 0. The van der Waals surface area contributed by atoms with Gasteiger partial charge in [-0.1, -0.05) is 11.6 Å². The van der Waals surface area contributed by atoms with Gasteiger partial charge in [-0.25, -0.2) is 0 Å². The molecule has 0 N–H and O–H groups in total. The largest absolute Gasteiger partial charge is 0.366 e. The van der Waals surface area contributed by atoms with Crippen molar-refractivity contribution in [1.29, 1.82) is 0 Å². The zero-order chi connectivity index (χ0) is 11.7. The molecular formula is C10H10BrClN2O2. The van der Waals surface area contributed by atoms with Gasteiger partial charge in [0.1, 0.15) is 5.69 Å². The zero-order valence-corrected chi connectivity index (χ0v) is 10.8. The topological polar surface area (TPSA) is 46.4 Å².